The number of rotatable bonds is 13. The molecule has 0 saturated heterocycles. The lowest BCUT2D eigenvalue weighted by molar-refractivity contribution is -0.156. The van der Waals surface area contributed by atoms with Crippen molar-refractivity contribution in [1.29, 1.82) is 0 Å². The average molecular weight is 504 g/mol. The van der Waals surface area contributed by atoms with Crippen LogP contribution in [0.15, 0.2) is 30.1 Å². The zero-order chi connectivity index (χ0) is 26.0. The van der Waals surface area contributed by atoms with Crippen LogP contribution in [0, 0.1) is 18.3 Å². The van der Waals surface area contributed by atoms with Gasteiger partial charge >= 0.3 is 5.97 Å². The van der Waals surface area contributed by atoms with Gasteiger partial charge in [-0.1, -0.05) is 43.9 Å². The lowest BCUT2D eigenvalue weighted by Gasteiger charge is -2.32. The number of hydrogen-bond acceptors (Lipinski definition) is 4. The van der Waals surface area contributed by atoms with Crippen LogP contribution in [0.2, 0.25) is 0 Å². The highest BCUT2D eigenvalue weighted by Gasteiger charge is 2.39. The zero-order valence-electron chi connectivity index (χ0n) is 22.3. The lowest BCUT2D eigenvalue weighted by Crippen LogP contribution is -2.34. The number of carboxylic acids is 1. The van der Waals surface area contributed by atoms with E-state index in [0.717, 1.165) is 30.6 Å². The van der Waals surface area contributed by atoms with Crippen molar-refractivity contribution < 1.29 is 14.6 Å². The van der Waals surface area contributed by atoms with Gasteiger partial charge in [0.15, 0.2) is 0 Å². The Kier molecular flexibility index (Phi) is 11.7. The molecule has 1 aromatic rings. The molecule has 196 valence electrons. The maximum atomic E-state index is 12.2. The van der Waals surface area contributed by atoms with E-state index >= 15 is 0 Å². The summed E-state index contributed by atoms with van der Waals surface area (Å²) in [6.07, 6.45) is 9.00. The second-order valence-electron chi connectivity index (χ2n) is 10.5. The van der Waals surface area contributed by atoms with Crippen molar-refractivity contribution in [2.45, 2.75) is 85.8 Å². The van der Waals surface area contributed by atoms with Gasteiger partial charge in [0.2, 0.25) is 0 Å². The van der Waals surface area contributed by atoms with Gasteiger partial charge in [0.1, 0.15) is 0 Å². The molecule has 0 aromatic heterocycles. The Labute approximate surface area is 214 Å². The van der Waals surface area contributed by atoms with E-state index in [1.165, 1.54) is 49.7 Å². The van der Waals surface area contributed by atoms with Gasteiger partial charge in [-0.2, -0.15) is 0 Å². The predicted molar refractivity (Wildman–Crippen MR) is 148 cm³/mol. The summed E-state index contributed by atoms with van der Waals surface area (Å²) in [5.41, 5.74) is 9.83. The van der Waals surface area contributed by atoms with Gasteiger partial charge in [-0.15, -0.1) is 8.86 Å². The first-order chi connectivity index (χ1) is 16.6. The Morgan fingerprint density at radius 3 is 2.54 bits per heavy atom. The van der Waals surface area contributed by atoms with E-state index in [9.17, 15) is 9.90 Å². The van der Waals surface area contributed by atoms with E-state index in [2.05, 4.69) is 45.1 Å². The monoisotopic (exact) mass is 503 g/mol. The third-order valence-corrected chi connectivity index (χ3v) is 7.40. The summed E-state index contributed by atoms with van der Waals surface area (Å²) in [7, 11) is 3.80. The first kappa shape index (κ1) is 29.4. The molecule has 7 heteroatoms. The number of nitrogens with two attached hydrogens (primary N) is 1. The van der Waals surface area contributed by atoms with Crippen molar-refractivity contribution in [2.75, 3.05) is 19.7 Å². The molecule has 1 saturated carbocycles. The standard InChI is InChI=1S/C28H46N3O3P/c1-6-30-16-25(29)19-34-26(28(4,5)27(32)33)23-14-13-20(2)24(15-23)18-31(21(3)35)17-22-11-9-7-8-10-12-22/h13-16,22,26,30,35H,6-12,17-19,29H2,1-5H3,(H,32,33)/b25-16-. The minimum atomic E-state index is -1.12. The van der Waals surface area contributed by atoms with Gasteiger partial charge in [0.25, 0.3) is 0 Å². The molecule has 1 aromatic carbocycles. The van der Waals surface area contributed by atoms with Crippen molar-refractivity contribution >= 4 is 20.3 Å². The van der Waals surface area contributed by atoms with Crippen molar-refractivity contribution in [2.24, 2.45) is 17.1 Å². The SMILES string of the molecule is CCN/C=C(\N)COC(c1ccc(C)c(CN(CC2CCCCCC2)C(C)=P)c1)C(C)(C)C(=O)O. The Morgan fingerprint density at radius 2 is 1.97 bits per heavy atom. The fraction of sp³-hybridized carbons (Fsp3) is 0.643. The summed E-state index contributed by atoms with van der Waals surface area (Å²) < 4.78 is 6.15. The van der Waals surface area contributed by atoms with E-state index < -0.39 is 17.5 Å². The van der Waals surface area contributed by atoms with E-state index in [4.69, 9.17) is 10.5 Å². The zero-order valence-corrected chi connectivity index (χ0v) is 23.3. The fourth-order valence-corrected chi connectivity index (χ4v) is 4.87. The normalized spacial score (nSPS) is 16.7. The minimum absolute atomic E-state index is 0.152. The summed E-state index contributed by atoms with van der Waals surface area (Å²) in [6, 6.07) is 6.17. The summed E-state index contributed by atoms with van der Waals surface area (Å²) in [5.74, 6) is -0.195. The van der Waals surface area contributed by atoms with Gasteiger partial charge in [-0.25, -0.2) is 0 Å². The Morgan fingerprint density at radius 1 is 1.31 bits per heavy atom. The third kappa shape index (κ3) is 8.93. The number of hydrogen-bond donors (Lipinski definition) is 3. The van der Waals surface area contributed by atoms with E-state index in [-0.39, 0.29) is 6.61 Å². The quantitative estimate of drug-likeness (QED) is 0.239. The Balaban J connectivity index is 2.29. The van der Waals surface area contributed by atoms with Crippen molar-refractivity contribution in [3.8, 4) is 0 Å². The van der Waals surface area contributed by atoms with Gasteiger partial charge < -0.3 is 20.9 Å². The van der Waals surface area contributed by atoms with Gasteiger partial charge in [0.05, 0.1) is 23.8 Å². The Bertz CT molecular complexity index is 876. The van der Waals surface area contributed by atoms with E-state index in [1.54, 1.807) is 20.0 Å². The van der Waals surface area contributed by atoms with Gasteiger partial charge in [0, 0.05) is 31.3 Å². The van der Waals surface area contributed by atoms with Crippen LogP contribution in [0.3, 0.4) is 0 Å². The molecule has 0 radical (unpaired) electrons. The highest BCUT2D eigenvalue weighted by Crippen LogP contribution is 2.38. The number of aryl methyl sites for hydroxylation is 1. The molecule has 1 aliphatic carbocycles. The highest BCUT2D eigenvalue weighted by atomic mass is 31.0. The van der Waals surface area contributed by atoms with E-state index in [0.29, 0.717) is 11.6 Å². The minimum Gasteiger partial charge on any atom is -0.481 e. The Hall–Kier alpha value is -1.88. The van der Waals surface area contributed by atoms with Crippen LogP contribution in [-0.4, -0.2) is 41.1 Å². The smallest absolute Gasteiger partial charge is 0.312 e. The van der Waals surface area contributed by atoms with Crippen molar-refractivity contribution in [1.82, 2.24) is 10.2 Å². The summed E-state index contributed by atoms with van der Waals surface area (Å²) in [4.78, 5) is 14.6. The average Bonchev–Trinajstić information content (AvgIpc) is 3.07. The molecule has 0 amide bonds. The molecular weight excluding hydrogens is 457 g/mol. The maximum absolute atomic E-state index is 12.2. The molecule has 1 atom stereocenters. The molecule has 2 rings (SSSR count). The molecule has 1 unspecified atom stereocenters. The second-order valence-corrected chi connectivity index (χ2v) is 11.2. The lowest BCUT2D eigenvalue weighted by atomic mass is 9.81. The maximum Gasteiger partial charge on any atom is 0.312 e. The fourth-order valence-electron chi connectivity index (χ4n) is 4.70. The number of nitrogens with one attached hydrogen (secondary N) is 1. The molecular formula is C28H46N3O3P. The molecule has 0 spiro atoms. The number of carbonyl (C=O) groups is 1. The number of carboxylic acid groups (broad SMARTS) is 1. The number of ether oxygens (including phenoxy) is 1. The van der Waals surface area contributed by atoms with Crippen molar-refractivity contribution in [3.63, 3.8) is 0 Å². The number of aliphatic carboxylic acids is 1. The summed E-state index contributed by atoms with van der Waals surface area (Å²) >= 11 is 0. The predicted octanol–water partition coefficient (Wildman–Crippen LogP) is 5.64. The second kappa shape index (κ2) is 14.0. The van der Waals surface area contributed by atoms with Crippen LogP contribution in [0.5, 0.6) is 0 Å². The highest BCUT2D eigenvalue weighted by molar-refractivity contribution is 7.20. The molecule has 0 heterocycles. The van der Waals surface area contributed by atoms with Crippen LogP contribution in [-0.2, 0) is 16.1 Å². The molecule has 0 bridgehead atoms. The van der Waals surface area contributed by atoms with Crippen LogP contribution < -0.4 is 11.1 Å². The van der Waals surface area contributed by atoms with Crippen molar-refractivity contribution in [3.05, 3.63) is 46.8 Å². The van der Waals surface area contributed by atoms with Crippen LogP contribution in [0.4, 0.5) is 0 Å². The summed E-state index contributed by atoms with van der Waals surface area (Å²) in [6.45, 7) is 12.3. The molecule has 35 heavy (non-hydrogen) atoms. The first-order valence-corrected chi connectivity index (χ1v) is 13.5. The van der Waals surface area contributed by atoms with Gasteiger partial charge in [-0.3, -0.25) is 9.69 Å². The molecule has 0 aliphatic heterocycles. The molecule has 1 aliphatic rings. The summed E-state index contributed by atoms with van der Waals surface area (Å²) in [5, 5.41) is 13.0. The molecule has 6 nitrogen and oxygen atoms in total. The largest absolute Gasteiger partial charge is 0.481 e. The molecule has 1 fully saturated rings. The van der Waals surface area contributed by atoms with E-state index in [1.807, 2.05) is 13.0 Å². The van der Waals surface area contributed by atoms with Crippen LogP contribution >= 0.6 is 8.86 Å². The number of benzene rings is 1. The topological polar surface area (TPSA) is 87.8 Å². The van der Waals surface area contributed by atoms with Gasteiger partial charge in [-0.05, 0) is 70.1 Å². The first-order valence-electron chi connectivity index (χ1n) is 13.0. The third-order valence-electron chi connectivity index (χ3n) is 7.08. The van der Waals surface area contributed by atoms with Crippen LogP contribution in [0.1, 0.15) is 89.0 Å². The molecule has 4 N–H and O–H groups in total. The number of nitrogens with zero attached hydrogens (tertiary/aromatic N) is 1. The van der Waals surface area contributed by atoms with Crippen LogP contribution in [0.25, 0.3) is 0 Å².